The minimum Gasteiger partial charge on any atom is -0.472 e. The molecule has 0 spiro atoms. The molecule has 0 aromatic carbocycles. The number of ether oxygens (including phenoxy) is 1. The number of hydrogen-bond donors (Lipinski definition) is 1. The smallest absolute Gasteiger partial charge is 0.303 e. The van der Waals surface area contributed by atoms with Crippen molar-refractivity contribution in [2.24, 2.45) is 16.2 Å². The third-order valence-corrected chi connectivity index (χ3v) is 0.562. The monoisotopic (exact) mass is 247 g/mol. The Bertz CT molecular complexity index is 95.3. The molecule has 0 aliphatic carbocycles. The molecule has 0 radical (unpaired) electrons. The normalized spacial score (nSPS) is 8.12. The van der Waals surface area contributed by atoms with Gasteiger partial charge < -0.3 is 10.6 Å². The van der Waals surface area contributed by atoms with E-state index in [1.54, 1.807) is 0 Å². The molecule has 8 heavy (non-hydrogen) atoms. The zero-order valence-corrected chi connectivity index (χ0v) is 7.34. The van der Waals surface area contributed by atoms with Gasteiger partial charge in [-0.15, -0.1) is 24.0 Å². The first kappa shape index (κ1) is 10.9. The molecule has 0 amide bonds. The average Bonchev–Trinajstić information content (AvgIpc) is 1.68. The van der Waals surface area contributed by atoms with Crippen LogP contribution >= 0.6 is 36.2 Å². The summed E-state index contributed by atoms with van der Waals surface area (Å²) in [4.78, 5) is 0. The van der Waals surface area contributed by atoms with Crippen LogP contribution in [0.25, 0.3) is 0 Å². The van der Waals surface area contributed by atoms with Crippen LogP contribution in [0.4, 0.5) is 0 Å². The lowest BCUT2D eigenvalue weighted by Gasteiger charge is -1.86. The van der Waals surface area contributed by atoms with Gasteiger partial charge in [-0.1, -0.05) is 10.3 Å². The predicted octanol–water partition coefficient (Wildman–Crippen LogP) is 0.862. The summed E-state index contributed by atoms with van der Waals surface area (Å²) in [6.07, 6.45) is 0. The molecule has 4 nitrogen and oxygen atoms in total. The Hall–Kier alpha value is 0.0200. The summed E-state index contributed by atoms with van der Waals surface area (Å²) in [5.41, 5.74) is 0. The highest BCUT2D eigenvalue weighted by molar-refractivity contribution is 14.0. The molecule has 0 aliphatic heterocycles. The molecule has 6 heteroatoms. The summed E-state index contributed by atoms with van der Waals surface area (Å²) in [5.74, 6) is 4.60. The largest absolute Gasteiger partial charge is 0.472 e. The van der Waals surface area contributed by atoms with E-state index < -0.39 is 0 Å². The van der Waals surface area contributed by atoms with Crippen LogP contribution in [0, 0.1) is 0 Å². The van der Waals surface area contributed by atoms with Crippen LogP contribution < -0.4 is 5.84 Å². The van der Waals surface area contributed by atoms with Gasteiger partial charge in [0.25, 0.3) is 0 Å². The molecule has 0 saturated heterocycles. The Labute approximate surface area is 69.5 Å². The maximum absolute atomic E-state index is 4.60. The molecule has 0 unspecified atom stereocenters. The van der Waals surface area contributed by atoms with E-state index in [-0.39, 0.29) is 29.2 Å². The van der Waals surface area contributed by atoms with Gasteiger partial charge in [-0.25, -0.2) is 0 Å². The number of hydrogen-bond acceptors (Lipinski definition) is 3. The van der Waals surface area contributed by atoms with Crippen molar-refractivity contribution in [1.29, 1.82) is 0 Å². The van der Waals surface area contributed by atoms with Gasteiger partial charge in [-0.2, -0.15) is 0 Å². The Kier molecular flexibility index (Phi) is 9.57. The fourth-order valence-electron chi connectivity index (χ4n) is 0.0880. The fourth-order valence-corrected chi connectivity index (χ4v) is 0.135. The Morgan fingerprint density at radius 1 is 1.75 bits per heavy atom. The van der Waals surface area contributed by atoms with Crippen molar-refractivity contribution >= 4 is 41.4 Å². The Morgan fingerprint density at radius 3 is 2.38 bits per heavy atom. The van der Waals surface area contributed by atoms with E-state index in [0.717, 1.165) is 0 Å². The maximum Gasteiger partial charge on any atom is 0.303 e. The lowest BCUT2D eigenvalue weighted by molar-refractivity contribution is 0.406. The van der Waals surface area contributed by atoms with E-state index in [0.29, 0.717) is 0 Å². The lowest BCUT2D eigenvalue weighted by atomic mass is 11.3. The summed E-state index contributed by atoms with van der Waals surface area (Å²) in [7, 11) is 1.40. The van der Waals surface area contributed by atoms with Crippen LogP contribution in [0.2, 0.25) is 0 Å². The van der Waals surface area contributed by atoms with Crippen LogP contribution in [-0.4, -0.2) is 12.3 Å². The van der Waals surface area contributed by atoms with Gasteiger partial charge in [0.05, 0.1) is 7.11 Å². The van der Waals surface area contributed by atoms with Crippen molar-refractivity contribution in [1.82, 2.24) is 0 Å². The molecule has 0 aromatic rings. The van der Waals surface area contributed by atoms with Crippen molar-refractivity contribution in [2.75, 3.05) is 7.11 Å². The fraction of sp³-hybridized carbons (Fsp3) is 0.500. The van der Waals surface area contributed by atoms with Gasteiger partial charge in [-0.3, -0.25) is 0 Å². The lowest BCUT2D eigenvalue weighted by Crippen LogP contribution is -1.91. The number of thiocarbonyl (C=S) groups is 1. The zero-order valence-electron chi connectivity index (χ0n) is 4.20. The van der Waals surface area contributed by atoms with Crippen LogP contribution in [0.15, 0.2) is 10.3 Å². The molecule has 0 bridgehead atoms. The Morgan fingerprint density at radius 2 is 2.25 bits per heavy atom. The van der Waals surface area contributed by atoms with E-state index in [1.165, 1.54) is 7.11 Å². The van der Waals surface area contributed by atoms with E-state index in [1.807, 2.05) is 0 Å². The second kappa shape index (κ2) is 7.02. The average molecular weight is 247 g/mol. The van der Waals surface area contributed by atoms with E-state index >= 15 is 0 Å². The van der Waals surface area contributed by atoms with Gasteiger partial charge in [0.1, 0.15) is 0 Å². The van der Waals surface area contributed by atoms with Crippen LogP contribution in [-0.2, 0) is 4.74 Å². The zero-order chi connectivity index (χ0) is 5.70. The highest BCUT2D eigenvalue weighted by Crippen LogP contribution is 1.77. The quantitative estimate of drug-likeness (QED) is 0.227. The molecule has 0 aromatic heterocycles. The summed E-state index contributed by atoms with van der Waals surface area (Å²) < 4.78 is 4.38. The number of rotatable bonds is 0. The van der Waals surface area contributed by atoms with Crippen molar-refractivity contribution in [3.63, 3.8) is 0 Å². The van der Waals surface area contributed by atoms with E-state index in [4.69, 9.17) is 0 Å². The van der Waals surface area contributed by atoms with Crippen molar-refractivity contribution < 1.29 is 4.74 Å². The standard InChI is InChI=1S/C2H5N3OS.HI/c1-6-2(7)4-5-3;/h1H3,(H2,3,4,7);1H. The molecule has 0 atom stereocenters. The first-order valence-corrected chi connectivity index (χ1v) is 1.91. The molecule has 0 heterocycles. The van der Waals surface area contributed by atoms with Gasteiger partial charge in [0.15, 0.2) is 0 Å². The third-order valence-electron chi connectivity index (χ3n) is 0.314. The van der Waals surface area contributed by atoms with Gasteiger partial charge in [0.2, 0.25) is 0 Å². The topological polar surface area (TPSA) is 60.0 Å². The summed E-state index contributed by atoms with van der Waals surface area (Å²) >= 11 is 4.39. The third kappa shape index (κ3) is 6.02. The molecule has 2 N–H and O–H groups in total. The highest BCUT2D eigenvalue weighted by atomic mass is 127. The second-order valence-electron chi connectivity index (χ2n) is 0.686. The van der Waals surface area contributed by atoms with E-state index in [2.05, 4.69) is 33.1 Å². The molecule has 0 saturated carbocycles. The van der Waals surface area contributed by atoms with Gasteiger partial charge >= 0.3 is 5.17 Å². The number of methoxy groups -OCH3 is 1. The molecule has 0 rings (SSSR count). The van der Waals surface area contributed by atoms with Gasteiger partial charge in [-0.05, 0) is 12.2 Å². The van der Waals surface area contributed by atoms with Crippen molar-refractivity contribution in [3.05, 3.63) is 0 Å². The molecule has 48 valence electrons. The van der Waals surface area contributed by atoms with Crippen LogP contribution in [0.5, 0.6) is 0 Å². The Balaban J connectivity index is 0. The minimum atomic E-state index is 0. The number of halogens is 1. The molecule has 0 fully saturated rings. The van der Waals surface area contributed by atoms with Crippen LogP contribution in [0.3, 0.4) is 0 Å². The maximum atomic E-state index is 4.60. The van der Waals surface area contributed by atoms with Gasteiger partial charge in [0, 0.05) is 0 Å². The van der Waals surface area contributed by atoms with E-state index in [9.17, 15) is 0 Å². The van der Waals surface area contributed by atoms with Crippen LogP contribution in [0.1, 0.15) is 0 Å². The summed E-state index contributed by atoms with van der Waals surface area (Å²) in [6, 6.07) is 0. The minimum absolute atomic E-state index is 0. The summed E-state index contributed by atoms with van der Waals surface area (Å²) in [5, 5.41) is 6.06. The SMILES string of the molecule is COC(=S)N=NN.I. The first-order chi connectivity index (χ1) is 3.31. The molecular weight excluding hydrogens is 241 g/mol. The predicted molar refractivity (Wildman–Crippen MR) is 44.1 cm³/mol. The second-order valence-corrected chi connectivity index (χ2v) is 1.03. The van der Waals surface area contributed by atoms with Crippen molar-refractivity contribution in [3.8, 4) is 0 Å². The summed E-state index contributed by atoms with van der Waals surface area (Å²) in [6.45, 7) is 0. The first-order valence-electron chi connectivity index (χ1n) is 1.50. The molecular formula is C2H6IN3OS. The number of nitrogens with two attached hydrogens (primary N) is 1. The van der Waals surface area contributed by atoms with Crippen molar-refractivity contribution in [2.45, 2.75) is 0 Å². The molecule has 0 aliphatic rings. The number of nitrogens with zero attached hydrogens (tertiary/aromatic N) is 2. The highest BCUT2D eigenvalue weighted by Gasteiger charge is 1.81.